The van der Waals surface area contributed by atoms with E-state index < -0.39 is 9.04 Å². The van der Waals surface area contributed by atoms with Crippen LogP contribution in [0.15, 0.2) is 18.3 Å². The molecule has 0 amide bonds. The minimum Gasteiger partial charge on any atom is -0.473 e. The largest absolute Gasteiger partial charge is 0.473 e. The Morgan fingerprint density at radius 2 is 1.92 bits per heavy atom. The molecule has 3 atom stereocenters. The summed E-state index contributed by atoms with van der Waals surface area (Å²) >= 11 is 0. The van der Waals surface area contributed by atoms with Crippen molar-refractivity contribution in [2.24, 2.45) is 7.05 Å². The monoisotopic (exact) mass is 679 g/mol. The molecule has 4 aromatic rings. The summed E-state index contributed by atoms with van der Waals surface area (Å²) in [7, 11) is 0.566. The van der Waals surface area contributed by atoms with Crippen LogP contribution in [-0.2, 0) is 29.3 Å². The number of benzene rings is 1. The van der Waals surface area contributed by atoms with Gasteiger partial charge in [0.1, 0.15) is 11.9 Å². The fourth-order valence-corrected chi connectivity index (χ4v) is 7.72. The second-order valence-electron chi connectivity index (χ2n) is 13.6. The minimum atomic E-state index is -1.26. The van der Waals surface area contributed by atoms with Crippen molar-refractivity contribution in [2.75, 3.05) is 19.7 Å². The summed E-state index contributed by atoms with van der Waals surface area (Å²) in [5.41, 5.74) is 4.33. The van der Waals surface area contributed by atoms with Gasteiger partial charge in [0, 0.05) is 43.8 Å². The van der Waals surface area contributed by atoms with Crippen LogP contribution in [-0.4, -0.2) is 81.3 Å². The van der Waals surface area contributed by atoms with E-state index in [9.17, 15) is 0 Å². The number of hydrogen-bond acceptors (Lipinski definition) is 8. The van der Waals surface area contributed by atoms with E-state index in [0.29, 0.717) is 60.3 Å². The Hall–Kier alpha value is -3.52. The number of fused-ring (bicyclic) bond motifs is 4. The summed E-state index contributed by atoms with van der Waals surface area (Å²) in [5, 5.41) is 15.4. The van der Waals surface area contributed by atoms with Crippen LogP contribution in [0.25, 0.3) is 34.2 Å². The van der Waals surface area contributed by atoms with Gasteiger partial charge in [0.2, 0.25) is 11.8 Å². The van der Waals surface area contributed by atoms with Gasteiger partial charge in [0.15, 0.2) is 15.3 Å². The summed E-state index contributed by atoms with van der Waals surface area (Å²) in [5.74, 6) is 0.727. The lowest BCUT2D eigenvalue weighted by molar-refractivity contribution is -0.0367. The zero-order chi connectivity index (χ0) is 34.1. The van der Waals surface area contributed by atoms with E-state index in [0.717, 1.165) is 42.5 Å². The van der Waals surface area contributed by atoms with E-state index in [2.05, 4.69) is 43.0 Å². The van der Waals surface area contributed by atoms with Gasteiger partial charge in [-0.25, -0.2) is 13.8 Å². The maximum absolute atomic E-state index is 16.1. The first-order chi connectivity index (χ1) is 23.0. The number of likely N-dealkylation sites (N-methyl/N-ethyl adjacent to an activating group) is 1. The highest BCUT2D eigenvalue weighted by Gasteiger charge is 2.27. The molecule has 13 heteroatoms. The lowest BCUT2D eigenvalue weighted by Crippen LogP contribution is -2.35. The van der Waals surface area contributed by atoms with Crippen molar-refractivity contribution in [2.45, 2.75) is 105 Å². The molecule has 1 saturated heterocycles. The predicted octanol–water partition coefficient (Wildman–Crippen LogP) is 6.42. The fourth-order valence-electron chi connectivity index (χ4n) is 6.70. The third kappa shape index (κ3) is 7.24. The average Bonchev–Trinajstić information content (AvgIpc) is 3.67. The third-order valence-electron chi connectivity index (χ3n) is 8.83. The number of halogens is 1. The summed E-state index contributed by atoms with van der Waals surface area (Å²) < 4.78 is 47.0. The molecule has 2 aliphatic rings. The maximum atomic E-state index is 16.1. The Kier molecular flexibility index (Phi) is 10.4. The molecule has 11 nitrogen and oxygen atoms in total. The first kappa shape index (κ1) is 34.3. The first-order valence-corrected chi connectivity index (χ1v) is 20.1. The summed E-state index contributed by atoms with van der Waals surface area (Å²) in [6.07, 6.45) is 8.03. The second-order valence-corrected chi connectivity index (χ2v) is 16.0. The number of hydrogen-bond donors (Lipinski definition) is 0. The molecule has 0 N–H and O–H groups in total. The topological polar surface area (TPSA) is 93.6 Å². The normalized spacial score (nSPS) is 20.4. The van der Waals surface area contributed by atoms with Crippen molar-refractivity contribution in [1.82, 2.24) is 34.2 Å². The average molecular weight is 680 g/mol. The molecule has 0 aliphatic carbocycles. The first-order valence-electron chi connectivity index (χ1n) is 17.4. The standard InChI is InChI=1S/C35H50FN7O4Si/c1-9-41-19-23(4)46-35-28(18-37-40(35)6)26-16-27-30(38-43(31(27)17-29(26)36)33-12-10-11-15-44-33)14-13-25-32(21-41)42(20-24(5)47-48(7)8)39-34(25)45-22(2)3/h13-14,16-18,22-24,33,48H,9-12,15,19-21H2,1-8H3/b14-13+/t23-,24-,33?/m0/s1. The van der Waals surface area contributed by atoms with Gasteiger partial charge in [-0.3, -0.25) is 9.58 Å². The van der Waals surface area contributed by atoms with E-state index in [-0.39, 0.29) is 30.4 Å². The van der Waals surface area contributed by atoms with Crippen LogP contribution in [0.3, 0.4) is 0 Å². The summed E-state index contributed by atoms with van der Waals surface area (Å²) in [6, 6.07) is 3.44. The molecule has 0 saturated carbocycles. The molecule has 0 spiro atoms. The van der Waals surface area contributed by atoms with Crippen molar-refractivity contribution in [3.8, 4) is 22.9 Å². The molecule has 1 unspecified atom stereocenters. The van der Waals surface area contributed by atoms with E-state index in [1.807, 2.05) is 49.3 Å². The molecule has 48 heavy (non-hydrogen) atoms. The zero-order valence-corrected chi connectivity index (χ0v) is 30.7. The van der Waals surface area contributed by atoms with Crippen LogP contribution in [0.1, 0.15) is 77.1 Å². The van der Waals surface area contributed by atoms with E-state index in [1.54, 1.807) is 16.9 Å². The van der Waals surface area contributed by atoms with Crippen molar-refractivity contribution < 1.29 is 23.0 Å². The van der Waals surface area contributed by atoms with Gasteiger partial charge in [0.05, 0.1) is 53.0 Å². The molecule has 0 radical (unpaired) electrons. The smallest absolute Gasteiger partial charge is 0.240 e. The van der Waals surface area contributed by atoms with Gasteiger partial charge in [-0.15, -0.1) is 5.10 Å². The zero-order valence-electron chi connectivity index (χ0n) is 29.6. The summed E-state index contributed by atoms with van der Waals surface area (Å²) in [6.45, 7) is 18.0. The Morgan fingerprint density at radius 1 is 1.10 bits per heavy atom. The molecule has 260 valence electrons. The number of nitrogens with zero attached hydrogens (tertiary/aromatic N) is 7. The van der Waals surface area contributed by atoms with E-state index in [4.69, 9.17) is 28.8 Å². The molecule has 6 rings (SSSR count). The number of rotatable bonds is 8. The molecule has 5 heterocycles. The highest BCUT2D eigenvalue weighted by molar-refractivity contribution is 6.48. The summed E-state index contributed by atoms with van der Waals surface area (Å²) in [4.78, 5) is 2.33. The van der Waals surface area contributed by atoms with Crippen molar-refractivity contribution in [3.05, 3.63) is 41.1 Å². The molecular weight excluding hydrogens is 630 g/mol. The Balaban J connectivity index is 1.57. The van der Waals surface area contributed by atoms with Crippen LogP contribution in [0.4, 0.5) is 4.39 Å². The highest BCUT2D eigenvalue weighted by Crippen LogP contribution is 2.38. The fraction of sp³-hybridized carbons (Fsp3) is 0.571. The van der Waals surface area contributed by atoms with Crippen LogP contribution in [0.5, 0.6) is 11.8 Å². The Bertz CT molecular complexity index is 1760. The number of aromatic nitrogens is 6. The Morgan fingerprint density at radius 3 is 2.62 bits per heavy atom. The van der Waals surface area contributed by atoms with Gasteiger partial charge in [-0.1, -0.05) is 6.92 Å². The lowest BCUT2D eigenvalue weighted by Gasteiger charge is -2.26. The van der Waals surface area contributed by atoms with Gasteiger partial charge in [0.25, 0.3) is 0 Å². The molecular formula is C35H50FN7O4Si. The maximum Gasteiger partial charge on any atom is 0.240 e. The van der Waals surface area contributed by atoms with E-state index in [1.165, 1.54) is 0 Å². The van der Waals surface area contributed by atoms with E-state index >= 15 is 4.39 Å². The molecule has 1 fully saturated rings. The lowest BCUT2D eigenvalue weighted by atomic mass is 10.0. The van der Waals surface area contributed by atoms with Gasteiger partial charge in [-0.05, 0) is 84.8 Å². The van der Waals surface area contributed by atoms with Gasteiger partial charge < -0.3 is 18.6 Å². The number of aryl methyl sites for hydroxylation is 1. The van der Waals surface area contributed by atoms with Crippen LogP contribution < -0.4 is 9.47 Å². The van der Waals surface area contributed by atoms with Crippen molar-refractivity contribution in [1.29, 1.82) is 0 Å². The SMILES string of the molecule is CCN1Cc2c(c(OC(C)C)nn2C[C@H](C)O[SiH](C)C)/C=C/c2nn(C3CCCCO3)c3cc(F)c(cc23)-c2cnn(C)c2O[C@@H](C)C1. The molecule has 3 aromatic heterocycles. The van der Waals surface area contributed by atoms with Crippen LogP contribution >= 0.6 is 0 Å². The quantitative estimate of drug-likeness (QED) is 0.197. The van der Waals surface area contributed by atoms with Gasteiger partial charge >= 0.3 is 0 Å². The molecule has 2 aliphatic heterocycles. The van der Waals surface area contributed by atoms with Crippen LogP contribution in [0.2, 0.25) is 13.1 Å². The molecule has 2 bridgehead atoms. The van der Waals surface area contributed by atoms with Crippen molar-refractivity contribution in [3.63, 3.8) is 0 Å². The van der Waals surface area contributed by atoms with Crippen LogP contribution in [0, 0.1) is 5.82 Å². The minimum absolute atomic E-state index is 0.00259. The third-order valence-corrected chi connectivity index (χ3v) is 9.84. The predicted molar refractivity (Wildman–Crippen MR) is 188 cm³/mol. The number of ether oxygens (including phenoxy) is 3. The van der Waals surface area contributed by atoms with Crippen molar-refractivity contribution >= 4 is 32.1 Å². The van der Waals surface area contributed by atoms with Gasteiger partial charge in [-0.2, -0.15) is 10.2 Å². The highest BCUT2D eigenvalue weighted by atomic mass is 28.3. The second kappa shape index (κ2) is 14.5. The molecule has 1 aromatic carbocycles. The Labute approximate surface area is 284 Å².